The summed E-state index contributed by atoms with van der Waals surface area (Å²) in [6, 6.07) is 10.2. The molecule has 0 aliphatic carbocycles. The van der Waals surface area contributed by atoms with E-state index in [-0.39, 0.29) is 6.17 Å². The van der Waals surface area contributed by atoms with Crippen molar-refractivity contribution >= 4 is 22.4 Å². The van der Waals surface area contributed by atoms with Gasteiger partial charge in [-0.25, -0.2) is 4.98 Å². The van der Waals surface area contributed by atoms with Gasteiger partial charge >= 0.3 is 0 Å². The predicted octanol–water partition coefficient (Wildman–Crippen LogP) is 4.06. The molecule has 0 amide bonds. The Balaban J connectivity index is 1.44. The van der Waals surface area contributed by atoms with Crippen molar-refractivity contribution in [1.82, 2.24) is 25.5 Å². The van der Waals surface area contributed by atoms with E-state index >= 15 is 0 Å². The van der Waals surface area contributed by atoms with Crippen LogP contribution in [0.25, 0.3) is 22.2 Å². The Morgan fingerprint density at radius 1 is 1.03 bits per heavy atom. The molecule has 0 radical (unpaired) electrons. The lowest BCUT2D eigenvalue weighted by Gasteiger charge is -2.10. The van der Waals surface area contributed by atoms with E-state index in [1.54, 1.807) is 7.11 Å². The molecule has 1 atom stereocenters. The monoisotopic (exact) mass is 415 g/mol. The van der Waals surface area contributed by atoms with Gasteiger partial charge in [0.05, 0.1) is 18.5 Å². The van der Waals surface area contributed by atoms with Gasteiger partial charge < -0.3 is 20.7 Å². The van der Waals surface area contributed by atoms with Crippen LogP contribution in [0.4, 0.5) is 11.4 Å². The van der Waals surface area contributed by atoms with E-state index in [4.69, 9.17) is 4.74 Å². The SMILES string of the molecule is CCCNCc1cncc(-c2cnc3[nH]nc(C4Nc5ccc(OC)cc5N4)c3c2)c1. The molecule has 8 heteroatoms. The molecular weight excluding hydrogens is 390 g/mol. The van der Waals surface area contributed by atoms with Gasteiger partial charge in [0.25, 0.3) is 0 Å². The van der Waals surface area contributed by atoms with E-state index in [1.165, 1.54) is 0 Å². The molecule has 5 rings (SSSR count). The lowest BCUT2D eigenvalue weighted by atomic mass is 10.1. The summed E-state index contributed by atoms with van der Waals surface area (Å²) < 4.78 is 5.33. The molecule has 0 bridgehead atoms. The summed E-state index contributed by atoms with van der Waals surface area (Å²) in [5.41, 5.74) is 6.83. The molecule has 31 heavy (non-hydrogen) atoms. The summed E-state index contributed by atoms with van der Waals surface area (Å²) in [7, 11) is 1.67. The van der Waals surface area contributed by atoms with Gasteiger partial charge in [-0.1, -0.05) is 6.92 Å². The number of H-pyrrole nitrogens is 1. The number of aromatic nitrogens is 4. The second-order valence-electron chi connectivity index (χ2n) is 7.62. The molecule has 3 aromatic heterocycles. The fraction of sp³-hybridized carbons (Fsp3) is 0.261. The maximum atomic E-state index is 5.33. The Hall–Kier alpha value is -3.65. The molecule has 8 nitrogen and oxygen atoms in total. The second-order valence-corrected chi connectivity index (χ2v) is 7.62. The van der Waals surface area contributed by atoms with Crippen molar-refractivity contribution in [1.29, 1.82) is 0 Å². The van der Waals surface area contributed by atoms with Crippen LogP contribution < -0.4 is 20.7 Å². The number of hydrogen-bond acceptors (Lipinski definition) is 7. The van der Waals surface area contributed by atoms with Crippen molar-refractivity contribution in [3.8, 4) is 16.9 Å². The van der Waals surface area contributed by atoms with Crippen LogP contribution in [0.15, 0.2) is 48.9 Å². The maximum absolute atomic E-state index is 5.33. The molecule has 0 spiro atoms. The Morgan fingerprint density at radius 3 is 2.77 bits per heavy atom. The largest absolute Gasteiger partial charge is 0.497 e. The fourth-order valence-electron chi connectivity index (χ4n) is 3.83. The van der Waals surface area contributed by atoms with Gasteiger partial charge in [0.1, 0.15) is 17.6 Å². The summed E-state index contributed by atoms with van der Waals surface area (Å²) in [5, 5.41) is 18.9. The molecular formula is C23H25N7O. The van der Waals surface area contributed by atoms with Gasteiger partial charge in [-0.3, -0.25) is 10.1 Å². The minimum Gasteiger partial charge on any atom is -0.497 e. The van der Waals surface area contributed by atoms with E-state index in [9.17, 15) is 0 Å². The number of hydrogen-bond donors (Lipinski definition) is 4. The van der Waals surface area contributed by atoms with Crippen LogP contribution >= 0.6 is 0 Å². The van der Waals surface area contributed by atoms with E-state index in [0.29, 0.717) is 0 Å². The van der Waals surface area contributed by atoms with Crippen LogP contribution in [0.2, 0.25) is 0 Å². The van der Waals surface area contributed by atoms with Crippen molar-refractivity contribution in [3.05, 3.63) is 60.2 Å². The second kappa shape index (κ2) is 8.23. The summed E-state index contributed by atoms with van der Waals surface area (Å²) in [6.07, 6.45) is 6.59. The first-order chi connectivity index (χ1) is 15.2. The molecule has 4 aromatic rings. The van der Waals surface area contributed by atoms with Gasteiger partial charge in [-0.05, 0) is 42.8 Å². The Bertz CT molecular complexity index is 1220. The van der Waals surface area contributed by atoms with Crippen molar-refractivity contribution in [2.45, 2.75) is 26.1 Å². The van der Waals surface area contributed by atoms with E-state index in [2.05, 4.69) is 55.2 Å². The first-order valence-electron chi connectivity index (χ1n) is 10.5. The van der Waals surface area contributed by atoms with Gasteiger partial charge in [0, 0.05) is 47.7 Å². The Labute approximate surface area is 180 Å². The van der Waals surface area contributed by atoms with Crippen LogP contribution in [-0.4, -0.2) is 33.8 Å². The Morgan fingerprint density at radius 2 is 1.90 bits per heavy atom. The molecule has 158 valence electrons. The van der Waals surface area contributed by atoms with Crippen molar-refractivity contribution < 1.29 is 4.74 Å². The van der Waals surface area contributed by atoms with Gasteiger partial charge in [-0.15, -0.1) is 0 Å². The third-order valence-electron chi connectivity index (χ3n) is 5.43. The average Bonchev–Trinajstić information content (AvgIpc) is 3.42. The third-order valence-corrected chi connectivity index (χ3v) is 5.43. The molecule has 4 heterocycles. The quantitative estimate of drug-likeness (QED) is 0.338. The molecule has 1 aliphatic heterocycles. The highest BCUT2D eigenvalue weighted by Crippen LogP contribution is 2.38. The molecule has 1 aromatic carbocycles. The van der Waals surface area contributed by atoms with E-state index in [0.717, 1.165) is 70.1 Å². The van der Waals surface area contributed by atoms with Crippen molar-refractivity contribution in [3.63, 3.8) is 0 Å². The smallest absolute Gasteiger partial charge is 0.155 e. The zero-order valence-corrected chi connectivity index (χ0v) is 17.6. The standard InChI is InChI=1S/C23H25N7O/c1-3-6-24-10-14-7-15(12-25-11-14)16-8-18-21(29-30-22(18)26-13-16)23-27-19-5-4-17(31-2)9-20(19)28-23/h4-5,7-9,11-13,23-24,27-28H,3,6,10H2,1-2H3,(H,26,29,30). The topological polar surface area (TPSA) is 99.8 Å². The molecule has 0 fully saturated rings. The maximum Gasteiger partial charge on any atom is 0.155 e. The lowest BCUT2D eigenvalue weighted by Crippen LogP contribution is -2.13. The van der Waals surface area contributed by atoms with Gasteiger partial charge in [0.2, 0.25) is 0 Å². The van der Waals surface area contributed by atoms with E-state index in [1.807, 2.05) is 36.8 Å². The number of rotatable bonds is 7. The Kier molecular flexibility index (Phi) is 5.13. The first kappa shape index (κ1) is 19.3. The third kappa shape index (κ3) is 3.77. The first-order valence-corrected chi connectivity index (χ1v) is 10.5. The minimum absolute atomic E-state index is 0.157. The van der Waals surface area contributed by atoms with Crippen LogP contribution in [0.5, 0.6) is 5.75 Å². The predicted molar refractivity (Wildman–Crippen MR) is 122 cm³/mol. The number of methoxy groups -OCH3 is 1. The van der Waals surface area contributed by atoms with Crippen LogP contribution in [-0.2, 0) is 6.54 Å². The highest BCUT2D eigenvalue weighted by atomic mass is 16.5. The lowest BCUT2D eigenvalue weighted by molar-refractivity contribution is 0.415. The molecule has 0 saturated carbocycles. The molecule has 4 N–H and O–H groups in total. The number of benzene rings is 1. The number of nitrogens with zero attached hydrogens (tertiary/aromatic N) is 3. The summed E-state index contributed by atoms with van der Waals surface area (Å²) in [5.74, 6) is 0.811. The normalized spacial score (nSPS) is 14.8. The number of nitrogens with one attached hydrogen (secondary N) is 4. The fourth-order valence-corrected chi connectivity index (χ4v) is 3.83. The zero-order valence-electron chi connectivity index (χ0n) is 17.6. The van der Waals surface area contributed by atoms with Crippen molar-refractivity contribution in [2.75, 3.05) is 24.3 Å². The van der Waals surface area contributed by atoms with Crippen molar-refractivity contribution in [2.24, 2.45) is 0 Å². The van der Waals surface area contributed by atoms with Crippen LogP contribution in [0, 0.1) is 0 Å². The van der Waals surface area contributed by atoms with Crippen LogP contribution in [0.1, 0.15) is 30.8 Å². The van der Waals surface area contributed by atoms with Gasteiger partial charge in [-0.2, -0.15) is 5.10 Å². The van der Waals surface area contributed by atoms with E-state index < -0.39 is 0 Å². The van der Waals surface area contributed by atoms with Gasteiger partial charge in [0.15, 0.2) is 5.65 Å². The summed E-state index contributed by atoms with van der Waals surface area (Å²) in [4.78, 5) is 9.02. The molecule has 1 unspecified atom stereocenters. The molecule has 0 saturated heterocycles. The highest BCUT2D eigenvalue weighted by molar-refractivity contribution is 5.86. The van der Waals surface area contributed by atoms with Crippen LogP contribution in [0.3, 0.4) is 0 Å². The minimum atomic E-state index is -0.157. The zero-order chi connectivity index (χ0) is 21.2. The molecule has 1 aliphatic rings. The summed E-state index contributed by atoms with van der Waals surface area (Å²) >= 11 is 0. The number of fused-ring (bicyclic) bond motifs is 2. The number of pyridine rings is 2. The number of anilines is 2. The number of aromatic amines is 1. The summed E-state index contributed by atoms with van der Waals surface area (Å²) in [6.45, 7) is 3.96. The number of ether oxygens (including phenoxy) is 1. The average molecular weight is 416 g/mol. The highest BCUT2D eigenvalue weighted by Gasteiger charge is 2.25.